The van der Waals surface area contributed by atoms with E-state index in [-0.39, 0.29) is 5.38 Å². The van der Waals surface area contributed by atoms with Gasteiger partial charge in [-0.3, -0.25) is 0 Å². The van der Waals surface area contributed by atoms with Crippen molar-refractivity contribution in [2.45, 2.75) is 38.6 Å². The number of pyridine rings is 1. The van der Waals surface area contributed by atoms with Crippen LogP contribution in [0.1, 0.15) is 37.9 Å². The van der Waals surface area contributed by atoms with Gasteiger partial charge in [0.15, 0.2) is 5.65 Å². The first-order valence-electron chi connectivity index (χ1n) is 6.72. The molecule has 1 saturated carbocycles. The molecule has 0 radical (unpaired) electrons. The van der Waals surface area contributed by atoms with Gasteiger partial charge in [-0.2, -0.15) is 0 Å². The molecule has 2 atom stereocenters. The predicted octanol–water partition coefficient (Wildman–Crippen LogP) is 4.43. The zero-order chi connectivity index (χ0) is 13.6. The van der Waals surface area contributed by atoms with Crippen LogP contribution in [0.4, 0.5) is 0 Å². The second kappa shape index (κ2) is 4.95. The average molecular weight is 298 g/mol. The molecule has 3 nitrogen and oxygen atoms in total. The van der Waals surface area contributed by atoms with E-state index in [0.717, 1.165) is 29.5 Å². The van der Waals surface area contributed by atoms with E-state index in [9.17, 15) is 0 Å². The third-order valence-corrected chi connectivity index (χ3v) is 4.24. The van der Waals surface area contributed by atoms with E-state index < -0.39 is 0 Å². The van der Waals surface area contributed by atoms with Gasteiger partial charge >= 0.3 is 0 Å². The Morgan fingerprint density at radius 1 is 1.42 bits per heavy atom. The summed E-state index contributed by atoms with van der Waals surface area (Å²) in [6.45, 7) is 5.17. The summed E-state index contributed by atoms with van der Waals surface area (Å²) >= 11 is 12.2. The van der Waals surface area contributed by atoms with Crippen LogP contribution in [0.15, 0.2) is 12.3 Å². The van der Waals surface area contributed by atoms with Crippen LogP contribution in [0, 0.1) is 11.8 Å². The molecular formula is C14H17Cl2N3. The fraction of sp³-hybridized carbons (Fsp3) is 0.571. The van der Waals surface area contributed by atoms with Crippen molar-refractivity contribution in [1.29, 1.82) is 0 Å². The number of hydrogen-bond acceptors (Lipinski definition) is 2. The Hall–Kier alpha value is -0.800. The molecule has 2 unspecified atom stereocenters. The van der Waals surface area contributed by atoms with Crippen molar-refractivity contribution in [3.8, 4) is 0 Å². The molecule has 2 aromatic heterocycles. The molecule has 0 N–H and O–H groups in total. The van der Waals surface area contributed by atoms with Crippen molar-refractivity contribution in [3.63, 3.8) is 0 Å². The van der Waals surface area contributed by atoms with E-state index in [1.165, 1.54) is 12.8 Å². The van der Waals surface area contributed by atoms with E-state index in [0.29, 0.717) is 10.9 Å². The van der Waals surface area contributed by atoms with E-state index in [4.69, 9.17) is 23.2 Å². The third kappa shape index (κ3) is 2.59. The Labute approximate surface area is 122 Å². The van der Waals surface area contributed by atoms with Gasteiger partial charge in [0.1, 0.15) is 11.3 Å². The molecule has 19 heavy (non-hydrogen) atoms. The van der Waals surface area contributed by atoms with Crippen LogP contribution >= 0.6 is 23.2 Å². The normalized spacial score (nSPS) is 18.7. The molecule has 1 aliphatic rings. The highest BCUT2D eigenvalue weighted by atomic mass is 35.5. The number of halogens is 2. The summed E-state index contributed by atoms with van der Waals surface area (Å²) in [6.07, 6.45) is 4.37. The van der Waals surface area contributed by atoms with E-state index in [1.807, 2.05) is 13.0 Å². The first-order chi connectivity index (χ1) is 9.06. The largest absolute Gasteiger partial charge is 0.311 e. The van der Waals surface area contributed by atoms with Gasteiger partial charge in [0.25, 0.3) is 0 Å². The van der Waals surface area contributed by atoms with Gasteiger partial charge < -0.3 is 4.57 Å². The zero-order valence-corrected chi connectivity index (χ0v) is 12.6. The maximum absolute atomic E-state index is 6.25. The maximum Gasteiger partial charge on any atom is 0.160 e. The van der Waals surface area contributed by atoms with Gasteiger partial charge in [-0.05, 0) is 37.7 Å². The summed E-state index contributed by atoms with van der Waals surface area (Å²) in [6, 6.07) is 1.85. The van der Waals surface area contributed by atoms with Crippen molar-refractivity contribution in [1.82, 2.24) is 14.5 Å². The van der Waals surface area contributed by atoms with Gasteiger partial charge in [0.05, 0.1) is 10.4 Å². The van der Waals surface area contributed by atoms with E-state index in [1.54, 1.807) is 6.20 Å². The molecule has 1 aliphatic carbocycles. The molecule has 0 amide bonds. The number of imidazole rings is 1. The van der Waals surface area contributed by atoms with Crippen LogP contribution in [-0.2, 0) is 6.54 Å². The minimum atomic E-state index is -0.126. The number of rotatable bonds is 4. The number of nitrogens with zero attached hydrogens (tertiary/aromatic N) is 3. The molecule has 0 aromatic carbocycles. The maximum atomic E-state index is 6.25. The number of fused-ring (bicyclic) bond motifs is 1. The Kier molecular flexibility index (Phi) is 3.44. The SMILES string of the molecule is CC(Cl)c1nc2cc(Cl)cnc2n1CC(C)C1CC1. The smallest absolute Gasteiger partial charge is 0.160 e. The second-order valence-corrected chi connectivity index (χ2v) is 6.60. The van der Waals surface area contributed by atoms with Crippen molar-refractivity contribution >= 4 is 34.4 Å². The topological polar surface area (TPSA) is 30.7 Å². The van der Waals surface area contributed by atoms with E-state index in [2.05, 4.69) is 21.5 Å². The molecule has 2 heterocycles. The number of hydrogen-bond donors (Lipinski definition) is 0. The zero-order valence-electron chi connectivity index (χ0n) is 11.1. The predicted molar refractivity (Wildman–Crippen MR) is 78.7 cm³/mol. The quantitative estimate of drug-likeness (QED) is 0.782. The molecule has 1 fully saturated rings. The highest BCUT2D eigenvalue weighted by Gasteiger charge is 2.29. The fourth-order valence-electron chi connectivity index (χ4n) is 2.59. The van der Waals surface area contributed by atoms with Gasteiger partial charge in [-0.15, -0.1) is 11.6 Å². The van der Waals surface area contributed by atoms with Gasteiger partial charge in [-0.25, -0.2) is 9.97 Å². The van der Waals surface area contributed by atoms with Crippen LogP contribution in [-0.4, -0.2) is 14.5 Å². The lowest BCUT2D eigenvalue weighted by Gasteiger charge is -2.15. The highest BCUT2D eigenvalue weighted by molar-refractivity contribution is 6.31. The minimum Gasteiger partial charge on any atom is -0.311 e. The Bertz CT molecular complexity index is 602. The summed E-state index contributed by atoms with van der Waals surface area (Å²) in [4.78, 5) is 9.02. The second-order valence-electron chi connectivity index (χ2n) is 5.51. The Morgan fingerprint density at radius 3 is 2.79 bits per heavy atom. The molecule has 5 heteroatoms. The molecule has 0 bridgehead atoms. The molecule has 3 rings (SSSR count). The van der Waals surface area contributed by atoms with Crippen molar-refractivity contribution in [3.05, 3.63) is 23.1 Å². The van der Waals surface area contributed by atoms with Gasteiger partial charge in [0, 0.05) is 12.7 Å². The lowest BCUT2D eigenvalue weighted by molar-refractivity contribution is 0.427. The average Bonchev–Trinajstić information content (AvgIpc) is 3.13. The van der Waals surface area contributed by atoms with Gasteiger partial charge in [0.2, 0.25) is 0 Å². The standard InChI is InChI=1S/C14H17Cl2N3/c1-8(10-3-4-10)7-19-13(9(2)15)18-12-5-11(16)6-17-14(12)19/h5-6,8-10H,3-4,7H2,1-2H3. The first kappa shape index (κ1) is 13.2. The van der Waals surface area contributed by atoms with Crippen molar-refractivity contribution in [2.75, 3.05) is 0 Å². The number of aromatic nitrogens is 3. The monoisotopic (exact) mass is 297 g/mol. The van der Waals surface area contributed by atoms with Crippen LogP contribution in [0.5, 0.6) is 0 Å². The van der Waals surface area contributed by atoms with E-state index >= 15 is 0 Å². The van der Waals surface area contributed by atoms with Crippen molar-refractivity contribution in [2.24, 2.45) is 11.8 Å². The minimum absolute atomic E-state index is 0.126. The van der Waals surface area contributed by atoms with Crippen LogP contribution < -0.4 is 0 Å². The van der Waals surface area contributed by atoms with Gasteiger partial charge in [-0.1, -0.05) is 18.5 Å². The fourth-order valence-corrected chi connectivity index (χ4v) is 2.91. The van der Waals surface area contributed by atoms with Crippen LogP contribution in [0.2, 0.25) is 5.02 Å². The summed E-state index contributed by atoms with van der Waals surface area (Å²) in [5.41, 5.74) is 1.72. The molecular weight excluding hydrogens is 281 g/mol. The molecule has 0 saturated heterocycles. The third-order valence-electron chi connectivity index (χ3n) is 3.83. The van der Waals surface area contributed by atoms with Crippen LogP contribution in [0.25, 0.3) is 11.2 Å². The molecule has 2 aromatic rings. The summed E-state index contributed by atoms with van der Waals surface area (Å²) in [7, 11) is 0. The van der Waals surface area contributed by atoms with Crippen molar-refractivity contribution < 1.29 is 0 Å². The van der Waals surface area contributed by atoms with Crippen LogP contribution in [0.3, 0.4) is 0 Å². The first-order valence-corrected chi connectivity index (χ1v) is 7.53. The lowest BCUT2D eigenvalue weighted by atomic mass is 10.1. The summed E-state index contributed by atoms with van der Waals surface area (Å²) in [5, 5.41) is 0.487. The molecule has 102 valence electrons. The Balaban J connectivity index is 2.05. The molecule has 0 spiro atoms. The molecule has 0 aliphatic heterocycles. The number of alkyl halides is 1. The summed E-state index contributed by atoms with van der Waals surface area (Å²) < 4.78 is 2.16. The highest BCUT2D eigenvalue weighted by Crippen LogP contribution is 2.38. The summed E-state index contributed by atoms with van der Waals surface area (Å²) in [5.74, 6) is 2.38. The Morgan fingerprint density at radius 2 is 2.16 bits per heavy atom. The lowest BCUT2D eigenvalue weighted by Crippen LogP contribution is -2.13.